The highest BCUT2D eigenvalue weighted by molar-refractivity contribution is 5.90. The highest BCUT2D eigenvalue weighted by Crippen LogP contribution is 2.28. The molecule has 0 atom stereocenters. The number of hydrogen-bond donors (Lipinski definition) is 3. The van der Waals surface area contributed by atoms with Crippen molar-refractivity contribution in [3.63, 3.8) is 0 Å². The Kier molecular flexibility index (Phi) is 4.86. The maximum Gasteiger partial charge on any atom is 0.322 e. The van der Waals surface area contributed by atoms with E-state index in [4.69, 9.17) is 15.7 Å². The summed E-state index contributed by atoms with van der Waals surface area (Å²) in [6, 6.07) is 7.24. The molecule has 0 heterocycles. The van der Waals surface area contributed by atoms with Crippen LogP contribution in [0.1, 0.15) is 19.3 Å². The fraction of sp³-hybridized carbons (Fsp3) is 0.429. The predicted molar refractivity (Wildman–Crippen MR) is 79.8 cm³/mol. The Bertz CT molecular complexity index is 529. The van der Waals surface area contributed by atoms with Gasteiger partial charge in [-0.3, -0.25) is 0 Å². The van der Waals surface area contributed by atoms with Gasteiger partial charge in [0.15, 0.2) is 0 Å². The van der Waals surface area contributed by atoms with Gasteiger partial charge in [-0.15, -0.1) is 0 Å². The van der Waals surface area contributed by atoms with Crippen LogP contribution in [-0.2, 0) is 0 Å². The lowest BCUT2D eigenvalue weighted by Crippen LogP contribution is -2.38. The number of nitrogens with one attached hydrogen (secondary N) is 1. The number of hydrogen-bond acceptors (Lipinski definition) is 4. The Morgan fingerprint density at radius 1 is 1.57 bits per heavy atom. The molecule has 1 saturated carbocycles. The monoisotopic (exact) mass is 292 g/mol. The molecule has 1 aliphatic rings. The smallest absolute Gasteiger partial charge is 0.322 e. The molecule has 0 unspecified atom stereocenters. The zero-order valence-electron chi connectivity index (χ0n) is 12.0. The number of urea groups is 1. The number of carbonyl (C=O) groups is 1. The fourth-order valence-corrected chi connectivity index (χ4v) is 2.02. The number of carbonyl (C=O) groups excluding carboxylic acids is 1. The predicted octanol–water partition coefficient (Wildman–Crippen LogP) is 1.83. The fourth-order valence-electron chi connectivity index (χ4n) is 2.02. The zero-order valence-corrected chi connectivity index (χ0v) is 12.0. The number of oxime groups is 1. The summed E-state index contributed by atoms with van der Waals surface area (Å²) in [5.41, 5.74) is 6.13. The molecule has 0 spiro atoms. The first-order valence-electron chi connectivity index (χ1n) is 6.82. The summed E-state index contributed by atoms with van der Waals surface area (Å²) in [6.07, 6.45) is 2.32. The van der Waals surface area contributed by atoms with E-state index in [-0.39, 0.29) is 17.9 Å². The number of nitrogens with two attached hydrogens (primary N) is 1. The topological polar surface area (TPSA) is 100 Å². The second kappa shape index (κ2) is 6.83. The summed E-state index contributed by atoms with van der Waals surface area (Å²) in [4.78, 5) is 14.0. The number of rotatable bonds is 6. The molecule has 1 fully saturated rings. The molecule has 1 aliphatic carbocycles. The lowest BCUT2D eigenvalue weighted by atomic mass is 10.3. The van der Waals surface area contributed by atoms with Crippen molar-refractivity contribution in [1.82, 2.24) is 4.90 Å². The second-order valence-electron chi connectivity index (χ2n) is 4.93. The first kappa shape index (κ1) is 15.0. The summed E-state index contributed by atoms with van der Waals surface area (Å²) in [6.45, 7) is 0.427. The van der Waals surface area contributed by atoms with E-state index >= 15 is 0 Å². The molecule has 0 bridgehead atoms. The number of methoxy groups -OCH3 is 1. The van der Waals surface area contributed by atoms with Gasteiger partial charge in [-0.2, -0.15) is 0 Å². The van der Waals surface area contributed by atoms with E-state index in [1.807, 2.05) is 12.1 Å². The van der Waals surface area contributed by atoms with E-state index < -0.39 is 0 Å². The third-order valence-corrected chi connectivity index (χ3v) is 3.31. The zero-order chi connectivity index (χ0) is 15.2. The summed E-state index contributed by atoms with van der Waals surface area (Å²) >= 11 is 0. The van der Waals surface area contributed by atoms with Crippen molar-refractivity contribution in [2.24, 2.45) is 10.9 Å². The number of amides is 2. The summed E-state index contributed by atoms with van der Waals surface area (Å²) < 4.78 is 5.13. The molecule has 0 aromatic heterocycles. The van der Waals surface area contributed by atoms with E-state index in [9.17, 15) is 4.79 Å². The van der Waals surface area contributed by atoms with Crippen LogP contribution in [-0.4, -0.2) is 41.7 Å². The van der Waals surface area contributed by atoms with Crippen LogP contribution in [0.5, 0.6) is 5.75 Å². The van der Waals surface area contributed by atoms with Crippen LogP contribution in [0.4, 0.5) is 10.5 Å². The van der Waals surface area contributed by atoms with Crippen LogP contribution >= 0.6 is 0 Å². The highest BCUT2D eigenvalue weighted by Gasteiger charge is 2.32. The van der Waals surface area contributed by atoms with Gasteiger partial charge in [0.1, 0.15) is 11.6 Å². The van der Waals surface area contributed by atoms with Crippen LogP contribution < -0.4 is 15.8 Å². The van der Waals surface area contributed by atoms with Crippen LogP contribution in [0, 0.1) is 0 Å². The Hall–Kier alpha value is -2.44. The number of nitrogens with zero attached hydrogens (tertiary/aromatic N) is 2. The lowest BCUT2D eigenvalue weighted by Gasteiger charge is -2.22. The quantitative estimate of drug-likeness (QED) is 0.322. The van der Waals surface area contributed by atoms with Gasteiger partial charge in [0, 0.05) is 30.8 Å². The summed E-state index contributed by atoms with van der Waals surface area (Å²) in [7, 11) is 1.58. The molecule has 0 aliphatic heterocycles. The molecular formula is C14H20N4O3. The normalized spacial score (nSPS) is 14.6. The molecule has 0 saturated heterocycles. The Morgan fingerprint density at radius 2 is 2.33 bits per heavy atom. The van der Waals surface area contributed by atoms with Crippen molar-refractivity contribution in [2.75, 3.05) is 19.0 Å². The standard InChI is InChI=1S/C14H20N4O3/c1-21-12-4-2-3-10(9-12)16-14(19)18(11-5-6-11)8-7-13(15)17-20/h2-4,9,11,20H,5-8H2,1H3,(H2,15,17)(H,16,19). The van der Waals surface area contributed by atoms with Gasteiger partial charge < -0.3 is 25.9 Å². The van der Waals surface area contributed by atoms with E-state index in [1.165, 1.54) is 0 Å². The third-order valence-electron chi connectivity index (χ3n) is 3.31. The summed E-state index contributed by atoms with van der Waals surface area (Å²) in [5.74, 6) is 0.803. The van der Waals surface area contributed by atoms with Gasteiger partial charge >= 0.3 is 6.03 Å². The van der Waals surface area contributed by atoms with Crippen molar-refractivity contribution in [3.8, 4) is 5.75 Å². The van der Waals surface area contributed by atoms with Crippen molar-refractivity contribution < 1.29 is 14.7 Å². The first-order valence-corrected chi connectivity index (χ1v) is 6.82. The average Bonchev–Trinajstić information content (AvgIpc) is 3.32. The van der Waals surface area contributed by atoms with E-state index in [2.05, 4.69) is 10.5 Å². The van der Waals surface area contributed by atoms with Gasteiger partial charge in [-0.25, -0.2) is 4.79 Å². The molecule has 2 rings (SSSR count). The minimum Gasteiger partial charge on any atom is -0.497 e. The van der Waals surface area contributed by atoms with Gasteiger partial charge in [0.2, 0.25) is 0 Å². The highest BCUT2D eigenvalue weighted by atomic mass is 16.5. The second-order valence-corrected chi connectivity index (χ2v) is 4.93. The van der Waals surface area contributed by atoms with E-state index in [0.29, 0.717) is 24.4 Å². The Morgan fingerprint density at radius 3 is 2.95 bits per heavy atom. The lowest BCUT2D eigenvalue weighted by molar-refractivity contribution is 0.210. The summed E-state index contributed by atoms with van der Waals surface area (Å²) in [5, 5.41) is 14.3. The molecule has 7 nitrogen and oxygen atoms in total. The average molecular weight is 292 g/mol. The van der Waals surface area contributed by atoms with Gasteiger partial charge in [-0.1, -0.05) is 11.2 Å². The van der Waals surface area contributed by atoms with Crippen LogP contribution in [0.2, 0.25) is 0 Å². The number of ether oxygens (including phenoxy) is 1. The van der Waals surface area contributed by atoms with E-state index in [1.54, 1.807) is 24.1 Å². The number of amidine groups is 1. The Balaban J connectivity index is 1.98. The minimum atomic E-state index is -0.184. The number of anilines is 1. The van der Waals surface area contributed by atoms with Crippen LogP contribution in [0.25, 0.3) is 0 Å². The van der Waals surface area contributed by atoms with Gasteiger partial charge in [0.25, 0.3) is 0 Å². The van der Waals surface area contributed by atoms with Crippen molar-refractivity contribution in [3.05, 3.63) is 24.3 Å². The minimum absolute atomic E-state index is 0.120. The largest absolute Gasteiger partial charge is 0.497 e. The Labute approximate surface area is 123 Å². The molecule has 21 heavy (non-hydrogen) atoms. The number of benzene rings is 1. The maximum absolute atomic E-state index is 12.3. The van der Waals surface area contributed by atoms with E-state index in [0.717, 1.165) is 12.8 Å². The van der Waals surface area contributed by atoms with Crippen molar-refractivity contribution >= 4 is 17.6 Å². The molecule has 114 valence electrons. The molecule has 1 aromatic carbocycles. The first-order chi connectivity index (χ1) is 10.1. The van der Waals surface area contributed by atoms with Crippen LogP contribution in [0.3, 0.4) is 0 Å². The molecule has 1 aromatic rings. The molecule has 7 heteroatoms. The SMILES string of the molecule is COc1cccc(NC(=O)N(CCC(N)=NO)C2CC2)c1. The molecule has 2 amide bonds. The van der Waals surface area contributed by atoms with Gasteiger partial charge in [-0.05, 0) is 25.0 Å². The molecular weight excluding hydrogens is 272 g/mol. The van der Waals surface area contributed by atoms with Crippen molar-refractivity contribution in [2.45, 2.75) is 25.3 Å². The molecule has 0 radical (unpaired) electrons. The van der Waals surface area contributed by atoms with Crippen LogP contribution in [0.15, 0.2) is 29.4 Å². The van der Waals surface area contributed by atoms with Crippen molar-refractivity contribution in [1.29, 1.82) is 0 Å². The third kappa shape index (κ3) is 4.27. The van der Waals surface area contributed by atoms with Gasteiger partial charge in [0.05, 0.1) is 7.11 Å². The maximum atomic E-state index is 12.3. The molecule has 4 N–H and O–H groups in total.